The van der Waals surface area contributed by atoms with Crippen molar-refractivity contribution in [2.75, 3.05) is 5.75 Å². The molecular weight excluding hydrogens is 508 g/mol. The first-order chi connectivity index (χ1) is 13.4. The Labute approximate surface area is 181 Å². The van der Waals surface area contributed by atoms with E-state index in [0.29, 0.717) is 21.8 Å². The van der Waals surface area contributed by atoms with Gasteiger partial charge in [-0.25, -0.2) is 9.98 Å². The average Bonchev–Trinajstić information content (AvgIpc) is 2.99. The van der Waals surface area contributed by atoms with Crippen LogP contribution in [0.15, 0.2) is 61.5 Å². The summed E-state index contributed by atoms with van der Waals surface area (Å²) in [6.45, 7) is 2.08. The first-order valence-corrected chi connectivity index (χ1v) is 10.9. The third kappa shape index (κ3) is 3.78. The number of carbonyl (C=O) groups is 1. The molecule has 142 valence electrons. The van der Waals surface area contributed by atoms with Gasteiger partial charge in [-0.15, -0.1) is 0 Å². The van der Waals surface area contributed by atoms with Gasteiger partial charge in [0.25, 0.3) is 5.56 Å². The van der Waals surface area contributed by atoms with Gasteiger partial charge in [-0.05, 0) is 47.1 Å². The van der Waals surface area contributed by atoms with Crippen molar-refractivity contribution in [1.29, 1.82) is 0 Å². The molecule has 1 aliphatic rings. The van der Waals surface area contributed by atoms with Crippen LogP contribution < -0.4 is 5.56 Å². The van der Waals surface area contributed by atoms with Crippen molar-refractivity contribution < 1.29 is 4.79 Å². The summed E-state index contributed by atoms with van der Waals surface area (Å²) in [6.07, 6.45) is 1.46. The predicted molar refractivity (Wildman–Crippen MR) is 119 cm³/mol. The average molecular weight is 522 g/mol. The number of aliphatic imine (C=N–C) groups is 1. The molecule has 1 aromatic heterocycles. The van der Waals surface area contributed by atoms with Gasteiger partial charge >= 0.3 is 0 Å². The van der Waals surface area contributed by atoms with Gasteiger partial charge in [-0.2, -0.15) is 0 Å². The van der Waals surface area contributed by atoms with Crippen LogP contribution >= 0.6 is 43.6 Å². The quantitative estimate of drug-likeness (QED) is 0.510. The summed E-state index contributed by atoms with van der Waals surface area (Å²) in [7, 11) is 0. The van der Waals surface area contributed by atoms with Crippen LogP contribution in [0.4, 0.5) is 5.69 Å². The number of amides is 1. The zero-order valence-electron chi connectivity index (χ0n) is 14.7. The van der Waals surface area contributed by atoms with Crippen molar-refractivity contribution in [2.24, 2.45) is 4.99 Å². The number of amidine groups is 1. The van der Waals surface area contributed by atoms with Gasteiger partial charge in [0.2, 0.25) is 5.91 Å². The van der Waals surface area contributed by atoms with E-state index in [1.165, 1.54) is 27.6 Å². The molecule has 28 heavy (non-hydrogen) atoms. The lowest BCUT2D eigenvalue weighted by molar-refractivity contribution is -0.125. The number of hydrogen-bond acceptors (Lipinski definition) is 5. The zero-order valence-corrected chi connectivity index (χ0v) is 18.7. The van der Waals surface area contributed by atoms with Crippen molar-refractivity contribution in [1.82, 2.24) is 14.5 Å². The number of aromatic nitrogens is 2. The molecule has 2 heterocycles. The summed E-state index contributed by atoms with van der Waals surface area (Å²) in [4.78, 5) is 35.8. The molecule has 0 saturated carbocycles. The maximum atomic E-state index is 12.9. The smallest absolute Gasteiger partial charge is 0.262 e. The first kappa shape index (κ1) is 19.4. The van der Waals surface area contributed by atoms with Gasteiger partial charge in [0.1, 0.15) is 6.67 Å². The molecule has 0 N–H and O–H groups in total. The predicted octanol–water partition coefficient (Wildman–Crippen LogP) is 4.45. The molecule has 6 nitrogen and oxygen atoms in total. The van der Waals surface area contributed by atoms with Crippen LogP contribution in [0, 0.1) is 6.92 Å². The number of aryl methyl sites for hydroxylation is 1. The Hall–Kier alpha value is -1.97. The fraction of sp³-hybridized carbons (Fsp3) is 0.158. The molecular formula is C19H14Br2N4O2S. The minimum absolute atomic E-state index is 0.0719. The van der Waals surface area contributed by atoms with Gasteiger partial charge in [-0.1, -0.05) is 45.4 Å². The Morgan fingerprint density at radius 3 is 2.68 bits per heavy atom. The Bertz CT molecular complexity index is 1180. The highest BCUT2D eigenvalue weighted by Gasteiger charge is 2.29. The van der Waals surface area contributed by atoms with Crippen LogP contribution in [-0.4, -0.2) is 31.3 Å². The third-order valence-corrected chi connectivity index (χ3v) is 6.28. The maximum Gasteiger partial charge on any atom is 0.262 e. The van der Waals surface area contributed by atoms with E-state index < -0.39 is 0 Å². The van der Waals surface area contributed by atoms with Crippen LogP contribution in [0.5, 0.6) is 0 Å². The fourth-order valence-electron chi connectivity index (χ4n) is 2.80. The molecule has 0 aliphatic carbocycles. The molecule has 0 unspecified atom stereocenters. The third-order valence-electron chi connectivity index (χ3n) is 4.25. The van der Waals surface area contributed by atoms with Crippen LogP contribution in [0.3, 0.4) is 0 Å². The van der Waals surface area contributed by atoms with E-state index in [-0.39, 0.29) is 18.1 Å². The number of halogens is 2. The van der Waals surface area contributed by atoms with Crippen LogP contribution in [0.25, 0.3) is 10.9 Å². The number of fused-ring (bicyclic) bond motifs is 1. The van der Waals surface area contributed by atoms with Crippen LogP contribution in [0.1, 0.15) is 5.56 Å². The normalized spacial score (nSPS) is 15.8. The van der Waals surface area contributed by atoms with E-state index in [9.17, 15) is 9.59 Å². The van der Waals surface area contributed by atoms with Gasteiger partial charge in [0.05, 0.1) is 28.7 Å². The van der Waals surface area contributed by atoms with Crippen LogP contribution in [-0.2, 0) is 11.5 Å². The second kappa shape index (κ2) is 7.81. The van der Waals surface area contributed by atoms with Crippen molar-refractivity contribution in [3.63, 3.8) is 0 Å². The van der Waals surface area contributed by atoms with E-state index in [1.807, 2.05) is 37.3 Å². The molecule has 0 bridgehead atoms. The number of rotatable bonds is 3. The molecule has 1 fully saturated rings. The van der Waals surface area contributed by atoms with Crippen LogP contribution in [0.2, 0.25) is 0 Å². The number of carbonyl (C=O) groups excluding carboxylic acids is 1. The summed E-state index contributed by atoms with van der Waals surface area (Å²) < 4.78 is 2.93. The Kier molecular flexibility index (Phi) is 5.39. The zero-order chi connectivity index (χ0) is 19.8. The van der Waals surface area contributed by atoms with E-state index in [4.69, 9.17) is 0 Å². The van der Waals surface area contributed by atoms with E-state index in [1.54, 1.807) is 6.07 Å². The lowest BCUT2D eigenvalue weighted by atomic mass is 10.2. The standard InChI is InChI=1S/C19H14Br2N4O2S/c1-11-2-4-13(5-3-11)23-19-25(16(26)8-28-19)10-24-9-22-17-14(18(24)27)6-12(20)7-15(17)21/h2-7,9H,8,10H2,1H3. The topological polar surface area (TPSA) is 67.6 Å². The fourth-order valence-corrected chi connectivity index (χ4v) is 5.02. The summed E-state index contributed by atoms with van der Waals surface area (Å²) in [5.41, 5.74) is 2.28. The second-order valence-corrected chi connectivity index (χ2v) is 9.00. The van der Waals surface area contributed by atoms with Crippen molar-refractivity contribution in [2.45, 2.75) is 13.6 Å². The monoisotopic (exact) mass is 520 g/mol. The maximum absolute atomic E-state index is 12.9. The van der Waals surface area contributed by atoms with Gasteiger partial charge in [-0.3, -0.25) is 19.1 Å². The summed E-state index contributed by atoms with van der Waals surface area (Å²) in [5, 5.41) is 1.05. The molecule has 1 amide bonds. The number of nitrogens with zero attached hydrogens (tertiary/aromatic N) is 4. The van der Waals surface area contributed by atoms with E-state index >= 15 is 0 Å². The number of hydrogen-bond donors (Lipinski definition) is 0. The molecule has 9 heteroatoms. The molecule has 0 atom stereocenters. The molecule has 0 radical (unpaired) electrons. The highest BCUT2D eigenvalue weighted by molar-refractivity contribution is 9.11. The molecule has 1 aliphatic heterocycles. The highest BCUT2D eigenvalue weighted by Crippen LogP contribution is 2.26. The lowest BCUT2D eigenvalue weighted by Gasteiger charge is -2.17. The molecule has 1 saturated heterocycles. The van der Waals surface area contributed by atoms with Crippen molar-refractivity contribution >= 4 is 71.3 Å². The molecule has 3 aromatic rings. The molecule has 0 spiro atoms. The van der Waals surface area contributed by atoms with Crippen molar-refractivity contribution in [3.05, 3.63) is 67.6 Å². The van der Waals surface area contributed by atoms with Crippen molar-refractivity contribution in [3.8, 4) is 0 Å². The number of thioether (sulfide) groups is 1. The lowest BCUT2D eigenvalue weighted by Crippen LogP contribution is -2.36. The van der Waals surface area contributed by atoms with Gasteiger partial charge in [0, 0.05) is 8.95 Å². The molecule has 4 rings (SSSR count). The Morgan fingerprint density at radius 1 is 1.18 bits per heavy atom. The SMILES string of the molecule is Cc1ccc(N=C2SCC(=O)N2Cn2cnc3c(Br)cc(Br)cc3c2=O)cc1. The molecule has 2 aromatic carbocycles. The first-order valence-electron chi connectivity index (χ1n) is 8.35. The summed E-state index contributed by atoms with van der Waals surface area (Å²) in [5.74, 6) is 0.218. The summed E-state index contributed by atoms with van der Waals surface area (Å²) >= 11 is 8.19. The van der Waals surface area contributed by atoms with Gasteiger partial charge < -0.3 is 0 Å². The highest BCUT2D eigenvalue weighted by atomic mass is 79.9. The van der Waals surface area contributed by atoms with Gasteiger partial charge in [0.15, 0.2) is 5.17 Å². The van der Waals surface area contributed by atoms with E-state index in [0.717, 1.165) is 20.2 Å². The minimum atomic E-state index is -0.216. The second-order valence-electron chi connectivity index (χ2n) is 6.29. The number of benzene rings is 2. The largest absolute Gasteiger partial charge is 0.280 e. The Balaban J connectivity index is 1.70. The minimum Gasteiger partial charge on any atom is -0.280 e. The Morgan fingerprint density at radius 2 is 1.93 bits per heavy atom. The summed E-state index contributed by atoms with van der Waals surface area (Å²) in [6, 6.07) is 11.3. The van der Waals surface area contributed by atoms with E-state index in [2.05, 4.69) is 41.8 Å².